The Kier molecular flexibility index (Phi) is 6.30. The molecule has 1 aliphatic rings. The third-order valence-electron chi connectivity index (χ3n) is 5.54. The Balaban J connectivity index is 1.46. The zero-order valence-corrected chi connectivity index (χ0v) is 17.7. The number of benzene rings is 2. The molecule has 1 fully saturated rings. The van der Waals surface area contributed by atoms with Gasteiger partial charge in [0.15, 0.2) is 0 Å². The molecule has 1 unspecified atom stereocenters. The predicted molar refractivity (Wildman–Crippen MR) is 119 cm³/mol. The van der Waals surface area contributed by atoms with E-state index in [-0.39, 0.29) is 35.5 Å². The van der Waals surface area contributed by atoms with Gasteiger partial charge in [0, 0.05) is 25.7 Å². The number of ether oxygens (including phenoxy) is 1. The lowest BCUT2D eigenvalue weighted by Gasteiger charge is -2.22. The fraction of sp³-hybridized carbons (Fsp3) is 0.250. The number of H-pyrrole nitrogens is 1. The molecule has 2 heterocycles. The molecule has 2 amide bonds. The van der Waals surface area contributed by atoms with Crippen molar-refractivity contribution < 1.29 is 14.3 Å². The van der Waals surface area contributed by atoms with Crippen molar-refractivity contribution in [3.8, 4) is 16.9 Å². The molecule has 1 aromatic heterocycles. The van der Waals surface area contributed by atoms with E-state index in [4.69, 9.17) is 4.74 Å². The summed E-state index contributed by atoms with van der Waals surface area (Å²) >= 11 is 0. The highest BCUT2D eigenvalue weighted by Gasteiger charge is 2.28. The summed E-state index contributed by atoms with van der Waals surface area (Å²) in [4.78, 5) is 38.2. The van der Waals surface area contributed by atoms with E-state index in [9.17, 15) is 14.4 Å². The number of methoxy groups -OCH3 is 1. The Morgan fingerprint density at radius 1 is 1.03 bits per heavy atom. The van der Waals surface area contributed by atoms with E-state index in [1.165, 1.54) is 12.1 Å². The zero-order chi connectivity index (χ0) is 22.5. The Morgan fingerprint density at radius 2 is 1.72 bits per heavy atom. The summed E-state index contributed by atoms with van der Waals surface area (Å²) in [5, 5.41) is 8.98. The lowest BCUT2D eigenvalue weighted by Crippen LogP contribution is -2.38. The van der Waals surface area contributed by atoms with E-state index in [1.807, 2.05) is 48.5 Å². The summed E-state index contributed by atoms with van der Waals surface area (Å²) in [6.07, 6.45) is 0.511. The number of hydrogen-bond donors (Lipinski definition) is 2. The summed E-state index contributed by atoms with van der Waals surface area (Å²) in [6, 6.07) is 18.6. The average molecular weight is 432 g/mol. The van der Waals surface area contributed by atoms with Crippen LogP contribution in [0.5, 0.6) is 5.75 Å². The molecule has 8 nitrogen and oxygen atoms in total. The molecule has 2 N–H and O–H groups in total. The van der Waals surface area contributed by atoms with Crippen molar-refractivity contribution in [1.82, 2.24) is 20.4 Å². The van der Waals surface area contributed by atoms with Crippen LogP contribution in [-0.4, -0.2) is 53.7 Å². The van der Waals surface area contributed by atoms with Crippen LogP contribution in [0, 0.1) is 5.92 Å². The van der Waals surface area contributed by atoms with Gasteiger partial charge >= 0.3 is 0 Å². The number of hydrogen-bond acceptors (Lipinski definition) is 5. The fourth-order valence-corrected chi connectivity index (χ4v) is 3.77. The number of carbonyl (C=O) groups is 2. The topological polar surface area (TPSA) is 104 Å². The van der Waals surface area contributed by atoms with E-state index in [1.54, 1.807) is 12.0 Å². The lowest BCUT2D eigenvalue weighted by atomic mass is 9.96. The minimum atomic E-state index is -0.379. The van der Waals surface area contributed by atoms with Crippen LogP contribution in [0.4, 0.5) is 0 Å². The van der Waals surface area contributed by atoms with Gasteiger partial charge in [-0.1, -0.05) is 36.4 Å². The molecule has 0 saturated carbocycles. The van der Waals surface area contributed by atoms with Gasteiger partial charge < -0.3 is 15.0 Å². The molecule has 1 saturated heterocycles. The van der Waals surface area contributed by atoms with Crippen LogP contribution in [0.25, 0.3) is 11.1 Å². The van der Waals surface area contributed by atoms with Crippen molar-refractivity contribution in [3.05, 3.63) is 82.3 Å². The van der Waals surface area contributed by atoms with E-state index in [2.05, 4.69) is 15.5 Å². The minimum Gasteiger partial charge on any atom is -0.497 e. The quantitative estimate of drug-likeness (QED) is 0.641. The molecule has 0 spiro atoms. The van der Waals surface area contributed by atoms with Crippen molar-refractivity contribution >= 4 is 11.8 Å². The Labute approximate surface area is 185 Å². The van der Waals surface area contributed by atoms with E-state index < -0.39 is 0 Å². The van der Waals surface area contributed by atoms with Gasteiger partial charge in [0.1, 0.15) is 11.4 Å². The zero-order valence-electron chi connectivity index (χ0n) is 17.7. The Bertz CT molecular complexity index is 1140. The van der Waals surface area contributed by atoms with Gasteiger partial charge in [0.2, 0.25) is 5.91 Å². The third-order valence-corrected chi connectivity index (χ3v) is 5.54. The maximum absolute atomic E-state index is 12.8. The van der Waals surface area contributed by atoms with Crippen LogP contribution in [-0.2, 0) is 11.2 Å². The highest BCUT2D eigenvalue weighted by atomic mass is 16.5. The first-order chi connectivity index (χ1) is 15.5. The second-order valence-corrected chi connectivity index (χ2v) is 7.68. The number of nitrogens with zero attached hydrogens (tertiary/aromatic N) is 2. The average Bonchev–Trinajstić information content (AvgIpc) is 3.01. The normalized spacial score (nSPS) is 16.2. The van der Waals surface area contributed by atoms with Crippen LogP contribution in [0.3, 0.4) is 0 Å². The highest BCUT2D eigenvalue weighted by molar-refractivity contribution is 5.93. The van der Waals surface area contributed by atoms with Crippen molar-refractivity contribution in [2.45, 2.75) is 6.42 Å². The smallest absolute Gasteiger partial charge is 0.274 e. The molecule has 4 rings (SSSR count). The SMILES string of the molecule is COc1ccc(-c2ccc(CC3CN(C(=O)c4ccc(=O)[nH]n4)CCNC3=O)cc2)cc1. The lowest BCUT2D eigenvalue weighted by molar-refractivity contribution is -0.124. The largest absolute Gasteiger partial charge is 0.497 e. The number of nitrogens with one attached hydrogen (secondary N) is 2. The first kappa shape index (κ1) is 21.3. The van der Waals surface area contributed by atoms with Gasteiger partial charge in [-0.2, -0.15) is 5.10 Å². The van der Waals surface area contributed by atoms with Gasteiger partial charge in [-0.3, -0.25) is 14.4 Å². The standard InChI is InChI=1S/C24H24N4O4/c1-32-20-8-6-18(7-9-20)17-4-2-16(3-5-17)14-19-15-28(13-12-25-23(19)30)24(31)21-10-11-22(29)27-26-21/h2-11,19H,12-15H2,1H3,(H,25,30)(H,27,29). The molecule has 164 valence electrons. The van der Waals surface area contributed by atoms with Crippen LogP contribution in [0.15, 0.2) is 65.5 Å². The van der Waals surface area contributed by atoms with Gasteiger partial charge in [-0.25, -0.2) is 5.10 Å². The molecule has 8 heteroatoms. The maximum Gasteiger partial charge on any atom is 0.274 e. The van der Waals surface area contributed by atoms with Crippen LogP contribution in [0.2, 0.25) is 0 Å². The summed E-state index contributed by atoms with van der Waals surface area (Å²) in [6.45, 7) is 1.05. The molecule has 0 aliphatic carbocycles. The monoisotopic (exact) mass is 432 g/mol. The summed E-state index contributed by atoms with van der Waals surface area (Å²) < 4.78 is 5.20. The molecule has 0 radical (unpaired) electrons. The summed E-state index contributed by atoms with van der Waals surface area (Å²) in [5.41, 5.74) is 2.95. The Morgan fingerprint density at radius 3 is 2.34 bits per heavy atom. The summed E-state index contributed by atoms with van der Waals surface area (Å²) in [7, 11) is 1.64. The Hall–Kier alpha value is -3.94. The first-order valence-corrected chi connectivity index (χ1v) is 10.4. The van der Waals surface area contributed by atoms with Crippen LogP contribution < -0.4 is 15.6 Å². The molecule has 1 atom stereocenters. The summed E-state index contributed by atoms with van der Waals surface area (Å²) in [5.74, 6) is 0.0449. The van der Waals surface area contributed by atoms with Gasteiger partial charge in [-0.15, -0.1) is 0 Å². The van der Waals surface area contributed by atoms with Crippen LogP contribution in [0.1, 0.15) is 16.1 Å². The molecule has 0 bridgehead atoms. The molecule has 3 aromatic rings. The molecular weight excluding hydrogens is 408 g/mol. The van der Waals surface area contributed by atoms with E-state index >= 15 is 0 Å². The van der Waals surface area contributed by atoms with Gasteiger partial charge in [-0.05, 0) is 41.3 Å². The number of carbonyl (C=O) groups excluding carboxylic acids is 2. The molecular formula is C24H24N4O4. The molecule has 1 aliphatic heterocycles. The van der Waals surface area contributed by atoms with Crippen LogP contribution >= 0.6 is 0 Å². The van der Waals surface area contributed by atoms with Crippen molar-refractivity contribution in [3.63, 3.8) is 0 Å². The fourth-order valence-electron chi connectivity index (χ4n) is 3.77. The van der Waals surface area contributed by atoms with Crippen molar-refractivity contribution in [2.24, 2.45) is 5.92 Å². The number of aromatic amines is 1. The van der Waals surface area contributed by atoms with Gasteiger partial charge in [0.25, 0.3) is 11.5 Å². The molecule has 2 aromatic carbocycles. The van der Waals surface area contributed by atoms with E-state index in [0.29, 0.717) is 19.5 Å². The predicted octanol–water partition coefficient (Wildman–Crippen LogP) is 1.88. The second-order valence-electron chi connectivity index (χ2n) is 7.68. The maximum atomic E-state index is 12.8. The van der Waals surface area contributed by atoms with Gasteiger partial charge in [0.05, 0.1) is 13.0 Å². The van der Waals surface area contributed by atoms with Crippen molar-refractivity contribution in [1.29, 1.82) is 0 Å². The first-order valence-electron chi connectivity index (χ1n) is 10.4. The molecule has 32 heavy (non-hydrogen) atoms. The highest BCUT2D eigenvalue weighted by Crippen LogP contribution is 2.24. The number of aromatic nitrogens is 2. The number of rotatable bonds is 5. The second kappa shape index (κ2) is 9.47. The van der Waals surface area contributed by atoms with Crippen molar-refractivity contribution in [2.75, 3.05) is 26.7 Å². The van der Waals surface area contributed by atoms with E-state index in [0.717, 1.165) is 22.4 Å². The number of amides is 2. The third kappa shape index (κ3) is 4.85. The minimum absolute atomic E-state index is 0.0750.